The van der Waals surface area contributed by atoms with Crippen LogP contribution in [0.4, 0.5) is 0 Å². The third kappa shape index (κ3) is 6.97. The molecule has 0 aromatic rings. The van der Waals surface area contributed by atoms with E-state index in [-0.39, 0.29) is 17.7 Å². The van der Waals surface area contributed by atoms with Gasteiger partial charge in [0.2, 0.25) is 11.8 Å². The quantitative estimate of drug-likeness (QED) is 0.767. The first kappa shape index (κ1) is 18.3. The van der Waals surface area contributed by atoms with Crippen LogP contribution >= 0.6 is 0 Å². The van der Waals surface area contributed by atoms with Gasteiger partial charge in [-0.2, -0.15) is 0 Å². The monoisotopic (exact) mass is 244 g/mol. The summed E-state index contributed by atoms with van der Waals surface area (Å²) in [5.74, 6) is 0.0993. The number of hydrogen-bond donors (Lipinski definition) is 1. The van der Waals surface area contributed by atoms with Crippen molar-refractivity contribution in [2.75, 3.05) is 20.1 Å². The van der Waals surface area contributed by atoms with Crippen LogP contribution in [0.5, 0.6) is 0 Å². The van der Waals surface area contributed by atoms with Crippen LogP contribution in [-0.2, 0) is 9.59 Å². The zero-order chi connectivity index (χ0) is 13.8. The second-order valence-electron chi connectivity index (χ2n) is 3.42. The number of amides is 2. The van der Waals surface area contributed by atoms with Gasteiger partial charge in [0, 0.05) is 27.1 Å². The normalized spacial score (nSPS) is 18.0. The summed E-state index contributed by atoms with van der Waals surface area (Å²) in [7, 11) is 1.63. The highest BCUT2D eigenvalue weighted by Crippen LogP contribution is 2.16. The summed E-state index contributed by atoms with van der Waals surface area (Å²) >= 11 is 0. The van der Waals surface area contributed by atoms with Crippen molar-refractivity contribution in [3.8, 4) is 0 Å². The Kier molecular flexibility index (Phi) is 12.3. The van der Waals surface area contributed by atoms with Crippen LogP contribution in [0.25, 0.3) is 0 Å². The zero-order valence-electron chi connectivity index (χ0n) is 12.2. The van der Waals surface area contributed by atoms with E-state index in [4.69, 9.17) is 0 Å². The summed E-state index contributed by atoms with van der Waals surface area (Å²) in [6.07, 6.45) is 1.82. The lowest BCUT2D eigenvalue weighted by atomic mass is 9.97. The van der Waals surface area contributed by atoms with Crippen LogP contribution < -0.4 is 5.32 Å². The minimum absolute atomic E-state index is 0.0114. The largest absolute Gasteiger partial charge is 0.359 e. The van der Waals surface area contributed by atoms with Crippen molar-refractivity contribution in [1.29, 1.82) is 0 Å². The van der Waals surface area contributed by atoms with Crippen molar-refractivity contribution in [3.63, 3.8) is 0 Å². The highest BCUT2D eigenvalue weighted by molar-refractivity contribution is 5.80. The lowest BCUT2D eigenvalue weighted by Gasteiger charge is -2.30. The first-order valence-electron chi connectivity index (χ1n) is 6.62. The SMILES string of the molecule is CC.CC.CNC(=O)C1CCCN(C(C)=O)C1. The Morgan fingerprint density at radius 3 is 2.12 bits per heavy atom. The van der Waals surface area contributed by atoms with Crippen molar-refractivity contribution in [3.05, 3.63) is 0 Å². The molecule has 0 spiro atoms. The van der Waals surface area contributed by atoms with Gasteiger partial charge in [-0.3, -0.25) is 9.59 Å². The van der Waals surface area contributed by atoms with Gasteiger partial charge in [-0.05, 0) is 12.8 Å². The van der Waals surface area contributed by atoms with Crippen molar-refractivity contribution >= 4 is 11.8 Å². The first-order chi connectivity index (χ1) is 8.15. The van der Waals surface area contributed by atoms with Crippen molar-refractivity contribution in [2.24, 2.45) is 5.92 Å². The van der Waals surface area contributed by atoms with Crippen LogP contribution in [0.2, 0.25) is 0 Å². The molecule has 4 nitrogen and oxygen atoms in total. The molecule has 1 N–H and O–H groups in total. The molecule has 1 atom stereocenters. The number of carbonyl (C=O) groups is 2. The molecular formula is C13H28N2O2. The predicted octanol–water partition coefficient (Wildman–Crippen LogP) is 2.04. The van der Waals surface area contributed by atoms with Gasteiger partial charge >= 0.3 is 0 Å². The van der Waals surface area contributed by atoms with Crippen molar-refractivity contribution in [1.82, 2.24) is 10.2 Å². The van der Waals surface area contributed by atoms with Crippen molar-refractivity contribution < 1.29 is 9.59 Å². The minimum Gasteiger partial charge on any atom is -0.359 e. The molecule has 1 heterocycles. The van der Waals surface area contributed by atoms with Crippen LogP contribution in [0.15, 0.2) is 0 Å². The Bertz CT molecular complexity index is 217. The van der Waals surface area contributed by atoms with Gasteiger partial charge in [0.15, 0.2) is 0 Å². The molecule has 0 bridgehead atoms. The van der Waals surface area contributed by atoms with E-state index in [0.29, 0.717) is 6.54 Å². The number of rotatable bonds is 1. The molecule has 0 radical (unpaired) electrons. The van der Waals surface area contributed by atoms with Gasteiger partial charge in [0.05, 0.1) is 5.92 Å². The molecule has 1 aliphatic rings. The molecule has 4 heteroatoms. The van der Waals surface area contributed by atoms with Crippen LogP contribution in [0.1, 0.15) is 47.5 Å². The average Bonchev–Trinajstić information content (AvgIpc) is 2.42. The highest BCUT2D eigenvalue weighted by Gasteiger charge is 2.25. The first-order valence-corrected chi connectivity index (χ1v) is 6.62. The summed E-state index contributed by atoms with van der Waals surface area (Å²) < 4.78 is 0. The molecule has 1 fully saturated rings. The van der Waals surface area contributed by atoms with Gasteiger partial charge in [-0.15, -0.1) is 0 Å². The maximum Gasteiger partial charge on any atom is 0.224 e. The summed E-state index contributed by atoms with van der Waals surface area (Å²) in [5.41, 5.74) is 0. The van der Waals surface area contributed by atoms with E-state index in [1.807, 2.05) is 27.7 Å². The topological polar surface area (TPSA) is 49.4 Å². The lowest BCUT2D eigenvalue weighted by molar-refractivity contribution is -0.133. The number of piperidine rings is 1. The average molecular weight is 244 g/mol. The maximum atomic E-state index is 11.3. The number of likely N-dealkylation sites (tertiary alicyclic amines) is 1. The van der Waals surface area contributed by atoms with Crippen LogP contribution in [0.3, 0.4) is 0 Å². The van der Waals surface area contributed by atoms with E-state index in [2.05, 4.69) is 5.32 Å². The molecule has 102 valence electrons. The number of hydrogen-bond acceptors (Lipinski definition) is 2. The third-order valence-electron chi connectivity index (χ3n) is 2.48. The molecule has 1 aliphatic heterocycles. The fraction of sp³-hybridized carbons (Fsp3) is 0.846. The fourth-order valence-corrected chi connectivity index (χ4v) is 1.68. The Balaban J connectivity index is 0. The molecule has 0 aromatic heterocycles. The Hall–Kier alpha value is -1.06. The maximum absolute atomic E-state index is 11.3. The van der Waals surface area contributed by atoms with Gasteiger partial charge in [-0.1, -0.05) is 27.7 Å². The molecule has 1 saturated heterocycles. The molecule has 1 unspecified atom stereocenters. The van der Waals surface area contributed by atoms with E-state index < -0.39 is 0 Å². The summed E-state index contributed by atoms with van der Waals surface area (Å²) in [6.45, 7) is 10.9. The van der Waals surface area contributed by atoms with Gasteiger partial charge < -0.3 is 10.2 Å². The molecule has 0 aromatic carbocycles. The lowest BCUT2D eigenvalue weighted by Crippen LogP contribution is -2.43. The fourth-order valence-electron chi connectivity index (χ4n) is 1.68. The standard InChI is InChI=1S/C9H16N2O2.2C2H6/c1-7(12)11-5-3-4-8(6-11)9(13)10-2;2*1-2/h8H,3-6H2,1-2H3,(H,10,13);2*1-2H3. The third-order valence-corrected chi connectivity index (χ3v) is 2.48. The van der Waals surface area contributed by atoms with E-state index in [1.165, 1.54) is 0 Å². The predicted molar refractivity (Wildman–Crippen MR) is 71.7 cm³/mol. The highest BCUT2D eigenvalue weighted by atomic mass is 16.2. The van der Waals surface area contributed by atoms with E-state index in [9.17, 15) is 9.59 Å². The second-order valence-corrected chi connectivity index (χ2v) is 3.42. The number of nitrogens with one attached hydrogen (secondary N) is 1. The van der Waals surface area contributed by atoms with E-state index in [0.717, 1.165) is 19.4 Å². The summed E-state index contributed by atoms with van der Waals surface area (Å²) in [5, 5.41) is 2.62. The molecule has 0 aliphatic carbocycles. The molecule has 0 saturated carbocycles. The molecule has 1 rings (SSSR count). The second kappa shape index (κ2) is 11.4. The van der Waals surface area contributed by atoms with Crippen molar-refractivity contribution in [2.45, 2.75) is 47.5 Å². The van der Waals surface area contributed by atoms with E-state index >= 15 is 0 Å². The van der Waals surface area contributed by atoms with Gasteiger partial charge in [0.1, 0.15) is 0 Å². The van der Waals surface area contributed by atoms with Gasteiger partial charge in [-0.25, -0.2) is 0 Å². The van der Waals surface area contributed by atoms with Gasteiger partial charge in [0.25, 0.3) is 0 Å². The minimum atomic E-state index is -0.0114. The molecular weight excluding hydrogens is 216 g/mol. The Labute approximate surface area is 106 Å². The Morgan fingerprint density at radius 1 is 1.18 bits per heavy atom. The summed E-state index contributed by atoms with van der Waals surface area (Å²) in [4.78, 5) is 24.1. The number of nitrogens with zero attached hydrogens (tertiary/aromatic N) is 1. The Morgan fingerprint density at radius 2 is 1.71 bits per heavy atom. The van der Waals surface area contributed by atoms with Crippen LogP contribution in [0, 0.1) is 5.92 Å². The zero-order valence-corrected chi connectivity index (χ0v) is 12.2. The molecule has 2 amide bonds. The van der Waals surface area contributed by atoms with Crippen LogP contribution in [-0.4, -0.2) is 36.9 Å². The smallest absolute Gasteiger partial charge is 0.224 e. The van der Waals surface area contributed by atoms with E-state index in [1.54, 1.807) is 18.9 Å². The number of carbonyl (C=O) groups excluding carboxylic acids is 2. The summed E-state index contributed by atoms with van der Waals surface area (Å²) in [6, 6.07) is 0. The molecule has 17 heavy (non-hydrogen) atoms.